The Labute approximate surface area is 173 Å². The van der Waals surface area contributed by atoms with Crippen molar-refractivity contribution >= 4 is 39.2 Å². The molecule has 11 nitrogen and oxygen atoms in total. The fourth-order valence-corrected chi connectivity index (χ4v) is 2.80. The smallest absolute Gasteiger partial charge is 0.301 e. The summed E-state index contributed by atoms with van der Waals surface area (Å²) in [5.74, 6) is 0.754. The number of nitriles is 1. The van der Waals surface area contributed by atoms with E-state index in [1.807, 2.05) is 6.07 Å². The van der Waals surface area contributed by atoms with E-state index in [-0.39, 0.29) is 12.3 Å². The van der Waals surface area contributed by atoms with Crippen molar-refractivity contribution in [3.63, 3.8) is 0 Å². The Bertz CT molecular complexity index is 1000. The van der Waals surface area contributed by atoms with E-state index in [4.69, 9.17) is 14.7 Å². The van der Waals surface area contributed by atoms with Crippen LogP contribution < -0.4 is 14.9 Å². The van der Waals surface area contributed by atoms with Gasteiger partial charge in [0.25, 0.3) is 5.69 Å². The number of rotatable bonds is 9. The molecule has 0 aliphatic heterocycles. The molecule has 2 aromatic rings. The summed E-state index contributed by atoms with van der Waals surface area (Å²) in [5.41, 5.74) is 2.19. The molecule has 2 aromatic carbocycles. The largest absolute Gasteiger partial charge is 0.490 e. The van der Waals surface area contributed by atoms with Crippen molar-refractivity contribution in [2.75, 3.05) is 18.6 Å². The lowest BCUT2D eigenvalue weighted by atomic mass is 10.2. The molecule has 0 amide bonds. The summed E-state index contributed by atoms with van der Waals surface area (Å²) < 4.78 is 11.4. The highest BCUT2D eigenvalue weighted by atomic mass is 79.9. The van der Waals surface area contributed by atoms with E-state index in [2.05, 4.69) is 26.5 Å². The van der Waals surface area contributed by atoms with Crippen molar-refractivity contribution in [1.82, 2.24) is 0 Å². The van der Waals surface area contributed by atoms with Crippen LogP contribution in [0.3, 0.4) is 0 Å². The fraction of sp³-hybridized carbons (Fsp3) is 0.176. The van der Waals surface area contributed by atoms with Gasteiger partial charge in [0.05, 0.1) is 33.2 Å². The number of hydrogen-bond donors (Lipinski definition) is 1. The maximum atomic E-state index is 11.1. The first-order chi connectivity index (χ1) is 13.9. The second-order valence-electron chi connectivity index (χ2n) is 5.30. The van der Waals surface area contributed by atoms with Crippen molar-refractivity contribution < 1.29 is 19.3 Å². The number of anilines is 1. The number of nitro groups is 2. The van der Waals surface area contributed by atoms with Crippen molar-refractivity contribution in [2.45, 2.75) is 6.92 Å². The zero-order valence-electron chi connectivity index (χ0n) is 15.0. The minimum absolute atomic E-state index is 0.00470. The standard InChI is InChI=1S/C17H14BrN5O6/c1-2-28-16-8-11(7-13(18)17(16)29-6-5-19)10-20-21-14-4-3-12(22(24)25)9-15(14)23(26)27/h3-4,7-10,21H,2,6H2,1H3/b20-10-. The minimum atomic E-state index is -0.740. The summed E-state index contributed by atoms with van der Waals surface area (Å²) in [6.07, 6.45) is 1.38. The first-order valence-corrected chi connectivity index (χ1v) is 8.84. The van der Waals surface area contributed by atoms with Crippen LogP contribution in [-0.2, 0) is 0 Å². The molecule has 0 aliphatic rings. The molecule has 0 aliphatic carbocycles. The molecule has 0 saturated heterocycles. The van der Waals surface area contributed by atoms with Gasteiger partial charge in [0.1, 0.15) is 11.8 Å². The molecular weight excluding hydrogens is 450 g/mol. The van der Waals surface area contributed by atoms with Crippen LogP contribution in [0.5, 0.6) is 11.5 Å². The van der Waals surface area contributed by atoms with E-state index in [0.29, 0.717) is 28.1 Å². The van der Waals surface area contributed by atoms with E-state index in [1.165, 1.54) is 12.3 Å². The van der Waals surface area contributed by atoms with Crippen molar-refractivity contribution in [3.8, 4) is 17.6 Å². The Morgan fingerprint density at radius 3 is 2.62 bits per heavy atom. The predicted molar refractivity (Wildman–Crippen MR) is 107 cm³/mol. The van der Waals surface area contributed by atoms with Gasteiger partial charge in [0, 0.05) is 6.07 Å². The lowest BCUT2D eigenvalue weighted by Gasteiger charge is -2.12. The molecule has 0 aromatic heterocycles. The normalized spacial score (nSPS) is 10.4. The molecule has 0 fully saturated rings. The van der Waals surface area contributed by atoms with Crippen LogP contribution in [0, 0.1) is 31.6 Å². The number of non-ortho nitro benzene ring substituents is 1. The topological polar surface area (TPSA) is 153 Å². The van der Waals surface area contributed by atoms with Crippen LogP contribution in [0.15, 0.2) is 39.9 Å². The number of nitrogens with one attached hydrogen (secondary N) is 1. The van der Waals surface area contributed by atoms with Gasteiger partial charge in [-0.15, -0.1) is 0 Å². The number of nitro benzene ring substituents is 2. The molecule has 150 valence electrons. The molecule has 29 heavy (non-hydrogen) atoms. The van der Waals surface area contributed by atoms with Crippen LogP contribution in [0.25, 0.3) is 0 Å². The van der Waals surface area contributed by atoms with Gasteiger partial charge in [-0.2, -0.15) is 10.4 Å². The van der Waals surface area contributed by atoms with Gasteiger partial charge in [-0.25, -0.2) is 0 Å². The first-order valence-electron chi connectivity index (χ1n) is 8.05. The number of hydrazone groups is 1. The van der Waals surface area contributed by atoms with Gasteiger partial charge >= 0.3 is 5.69 Å². The number of halogens is 1. The molecule has 0 bridgehead atoms. The molecule has 12 heteroatoms. The highest BCUT2D eigenvalue weighted by Gasteiger charge is 2.19. The number of nitrogens with zero attached hydrogens (tertiary/aromatic N) is 4. The van der Waals surface area contributed by atoms with Crippen molar-refractivity contribution in [3.05, 3.63) is 60.6 Å². The Morgan fingerprint density at radius 2 is 2.00 bits per heavy atom. The monoisotopic (exact) mass is 463 g/mol. The summed E-state index contributed by atoms with van der Waals surface area (Å²) in [6.45, 7) is 2.00. The quantitative estimate of drug-likeness (QED) is 0.332. The average Bonchev–Trinajstić information content (AvgIpc) is 2.67. The molecule has 2 rings (SSSR count). The Hall–Kier alpha value is -3.72. The Morgan fingerprint density at radius 1 is 1.24 bits per heavy atom. The van der Waals surface area contributed by atoms with Gasteiger partial charge < -0.3 is 9.47 Å². The molecule has 0 atom stereocenters. The Balaban J connectivity index is 2.27. The summed E-state index contributed by atoms with van der Waals surface area (Å²) in [4.78, 5) is 20.5. The van der Waals surface area contributed by atoms with E-state index < -0.39 is 21.2 Å². The van der Waals surface area contributed by atoms with E-state index in [1.54, 1.807) is 19.1 Å². The van der Waals surface area contributed by atoms with Crippen LogP contribution in [0.4, 0.5) is 17.1 Å². The lowest BCUT2D eigenvalue weighted by Crippen LogP contribution is -2.02. The molecule has 0 saturated carbocycles. The number of ether oxygens (including phenoxy) is 2. The molecular formula is C17H14BrN5O6. The van der Waals surface area contributed by atoms with Crippen molar-refractivity contribution in [2.24, 2.45) is 5.10 Å². The van der Waals surface area contributed by atoms with Crippen LogP contribution in [0.1, 0.15) is 12.5 Å². The van der Waals surface area contributed by atoms with Gasteiger partial charge in [-0.1, -0.05) is 0 Å². The summed E-state index contributed by atoms with van der Waals surface area (Å²) in [5, 5.41) is 34.6. The molecule has 1 N–H and O–H groups in total. The van der Waals surface area contributed by atoms with Gasteiger partial charge in [-0.3, -0.25) is 25.7 Å². The average molecular weight is 464 g/mol. The number of hydrogen-bond acceptors (Lipinski definition) is 9. The summed E-state index contributed by atoms with van der Waals surface area (Å²) in [6, 6.07) is 8.34. The van der Waals surface area contributed by atoms with E-state index >= 15 is 0 Å². The maximum absolute atomic E-state index is 11.1. The Kier molecular flexibility index (Phi) is 7.44. The van der Waals surface area contributed by atoms with E-state index in [0.717, 1.165) is 12.1 Å². The summed E-state index contributed by atoms with van der Waals surface area (Å²) in [7, 11) is 0. The van der Waals surface area contributed by atoms with Crippen LogP contribution >= 0.6 is 15.9 Å². The number of benzene rings is 2. The molecule has 0 unspecified atom stereocenters. The molecule has 0 spiro atoms. The van der Waals surface area contributed by atoms with Crippen LogP contribution in [-0.4, -0.2) is 29.3 Å². The van der Waals surface area contributed by atoms with Crippen LogP contribution in [0.2, 0.25) is 0 Å². The minimum Gasteiger partial charge on any atom is -0.490 e. The second kappa shape index (κ2) is 10.00. The highest BCUT2D eigenvalue weighted by molar-refractivity contribution is 9.10. The molecule has 0 heterocycles. The zero-order chi connectivity index (χ0) is 21.4. The van der Waals surface area contributed by atoms with E-state index in [9.17, 15) is 20.2 Å². The third-order valence-corrected chi connectivity index (χ3v) is 3.99. The maximum Gasteiger partial charge on any atom is 0.301 e. The van der Waals surface area contributed by atoms with Gasteiger partial charge in [-0.05, 0) is 46.6 Å². The zero-order valence-corrected chi connectivity index (χ0v) is 16.6. The SMILES string of the molecule is CCOc1cc(/C=N\Nc2ccc([N+](=O)[O-])cc2[N+](=O)[O-])cc(Br)c1OCC#N. The van der Waals surface area contributed by atoms with Crippen molar-refractivity contribution in [1.29, 1.82) is 5.26 Å². The third-order valence-electron chi connectivity index (χ3n) is 3.40. The van der Waals surface area contributed by atoms with Gasteiger partial charge in [0.15, 0.2) is 18.1 Å². The molecule has 0 radical (unpaired) electrons. The fourth-order valence-electron chi connectivity index (χ4n) is 2.23. The second-order valence-corrected chi connectivity index (χ2v) is 6.15. The third kappa shape index (κ3) is 5.63. The first kappa shape index (κ1) is 21.6. The summed E-state index contributed by atoms with van der Waals surface area (Å²) >= 11 is 3.34. The highest BCUT2D eigenvalue weighted by Crippen LogP contribution is 2.36. The predicted octanol–water partition coefficient (Wildman–Crippen LogP) is 4.01. The lowest BCUT2D eigenvalue weighted by molar-refractivity contribution is -0.393. The van der Waals surface area contributed by atoms with Gasteiger partial charge in [0.2, 0.25) is 0 Å².